The number of hydrogen-bond donors (Lipinski definition) is 0. The SMILES string of the molecule is CC(C)OC12CCCC(OC1)O2. The monoisotopic (exact) mass is 172 g/mol. The summed E-state index contributed by atoms with van der Waals surface area (Å²) in [6.45, 7) is 4.66. The molecular formula is C9H16O3. The molecule has 2 heterocycles. The number of ether oxygens (including phenoxy) is 3. The fraction of sp³-hybridized carbons (Fsp3) is 1.00. The zero-order chi connectivity index (χ0) is 8.60. The van der Waals surface area contributed by atoms with Gasteiger partial charge in [0.05, 0.1) is 6.10 Å². The number of hydrogen-bond acceptors (Lipinski definition) is 3. The van der Waals surface area contributed by atoms with E-state index in [4.69, 9.17) is 14.2 Å². The Hall–Kier alpha value is -0.120. The number of rotatable bonds is 2. The molecule has 2 fully saturated rings. The Morgan fingerprint density at radius 2 is 2.33 bits per heavy atom. The molecule has 0 aromatic heterocycles. The lowest BCUT2D eigenvalue weighted by Crippen LogP contribution is -2.40. The second-order valence-electron chi connectivity index (χ2n) is 3.83. The average Bonchev–Trinajstić information content (AvgIpc) is 2.25. The molecule has 2 saturated heterocycles. The molecule has 2 bridgehead atoms. The van der Waals surface area contributed by atoms with E-state index in [9.17, 15) is 0 Å². The van der Waals surface area contributed by atoms with Crippen molar-refractivity contribution >= 4 is 0 Å². The largest absolute Gasteiger partial charge is 0.347 e. The van der Waals surface area contributed by atoms with E-state index < -0.39 is 5.79 Å². The third-order valence-corrected chi connectivity index (χ3v) is 2.28. The molecule has 12 heavy (non-hydrogen) atoms. The Morgan fingerprint density at radius 1 is 1.50 bits per heavy atom. The minimum atomic E-state index is -0.406. The maximum Gasteiger partial charge on any atom is 0.195 e. The van der Waals surface area contributed by atoms with E-state index in [0.717, 1.165) is 19.3 Å². The number of fused-ring (bicyclic) bond motifs is 2. The lowest BCUT2D eigenvalue weighted by molar-refractivity contribution is -0.259. The van der Waals surface area contributed by atoms with Gasteiger partial charge in [-0.15, -0.1) is 0 Å². The van der Waals surface area contributed by atoms with Crippen LogP contribution in [0.5, 0.6) is 0 Å². The molecule has 2 aliphatic rings. The maximum atomic E-state index is 5.72. The van der Waals surface area contributed by atoms with Gasteiger partial charge >= 0.3 is 0 Å². The minimum absolute atomic E-state index is 0.00231. The first kappa shape index (κ1) is 8.48. The van der Waals surface area contributed by atoms with Crippen LogP contribution in [0.4, 0.5) is 0 Å². The molecule has 0 spiro atoms. The Labute approximate surface area is 73.0 Å². The zero-order valence-electron chi connectivity index (χ0n) is 7.71. The molecule has 3 nitrogen and oxygen atoms in total. The highest BCUT2D eigenvalue weighted by Crippen LogP contribution is 2.37. The first-order valence-electron chi connectivity index (χ1n) is 4.67. The van der Waals surface area contributed by atoms with E-state index in [2.05, 4.69) is 0 Å². The summed E-state index contributed by atoms with van der Waals surface area (Å²) >= 11 is 0. The van der Waals surface area contributed by atoms with E-state index in [-0.39, 0.29) is 12.4 Å². The first-order valence-corrected chi connectivity index (χ1v) is 4.67. The van der Waals surface area contributed by atoms with Crippen molar-refractivity contribution in [1.82, 2.24) is 0 Å². The Morgan fingerprint density at radius 3 is 3.08 bits per heavy atom. The van der Waals surface area contributed by atoms with Gasteiger partial charge < -0.3 is 14.2 Å². The quantitative estimate of drug-likeness (QED) is 0.634. The van der Waals surface area contributed by atoms with E-state index in [1.54, 1.807) is 0 Å². The highest BCUT2D eigenvalue weighted by Gasteiger charge is 2.45. The summed E-state index contributed by atoms with van der Waals surface area (Å²) in [5.74, 6) is -0.406. The summed E-state index contributed by atoms with van der Waals surface area (Å²) < 4.78 is 16.8. The molecule has 0 amide bonds. The van der Waals surface area contributed by atoms with Crippen LogP contribution < -0.4 is 0 Å². The zero-order valence-corrected chi connectivity index (χ0v) is 7.71. The molecule has 0 saturated carbocycles. The lowest BCUT2D eigenvalue weighted by atomic mass is 10.1. The van der Waals surface area contributed by atoms with Crippen LogP contribution in [-0.4, -0.2) is 24.8 Å². The van der Waals surface area contributed by atoms with E-state index in [0.29, 0.717) is 6.61 Å². The molecule has 2 rings (SSSR count). The lowest BCUT2D eigenvalue weighted by Gasteiger charge is -2.32. The topological polar surface area (TPSA) is 27.7 Å². The normalized spacial score (nSPS) is 40.8. The van der Waals surface area contributed by atoms with Crippen molar-refractivity contribution in [2.45, 2.75) is 51.3 Å². The van der Waals surface area contributed by atoms with Crippen LogP contribution in [0.3, 0.4) is 0 Å². The van der Waals surface area contributed by atoms with Gasteiger partial charge in [0.2, 0.25) is 0 Å². The standard InChI is InChI=1S/C9H16O3/c1-7(2)11-9-5-3-4-8(12-9)10-6-9/h7-8H,3-6H2,1-2H3. The van der Waals surface area contributed by atoms with Crippen molar-refractivity contribution in [1.29, 1.82) is 0 Å². The minimum Gasteiger partial charge on any atom is -0.347 e. The van der Waals surface area contributed by atoms with Crippen molar-refractivity contribution in [2.24, 2.45) is 0 Å². The van der Waals surface area contributed by atoms with Gasteiger partial charge in [-0.2, -0.15) is 0 Å². The summed E-state index contributed by atoms with van der Waals surface area (Å²) in [5.41, 5.74) is 0. The van der Waals surface area contributed by atoms with Crippen molar-refractivity contribution in [2.75, 3.05) is 6.61 Å². The van der Waals surface area contributed by atoms with Crippen LogP contribution in [0.1, 0.15) is 33.1 Å². The fourth-order valence-electron chi connectivity index (χ4n) is 1.89. The summed E-state index contributed by atoms with van der Waals surface area (Å²) in [6.07, 6.45) is 3.35. The van der Waals surface area contributed by atoms with Crippen LogP contribution in [0.25, 0.3) is 0 Å². The second kappa shape index (κ2) is 2.98. The molecule has 3 heteroatoms. The summed E-state index contributed by atoms with van der Waals surface area (Å²) in [4.78, 5) is 0. The molecule has 0 aromatic rings. The molecule has 2 unspecified atom stereocenters. The van der Waals surface area contributed by atoms with Gasteiger partial charge in [0.15, 0.2) is 12.1 Å². The molecule has 0 N–H and O–H groups in total. The van der Waals surface area contributed by atoms with Gasteiger partial charge in [-0.25, -0.2) is 0 Å². The Bertz CT molecular complexity index is 165. The van der Waals surface area contributed by atoms with Crippen LogP contribution in [0, 0.1) is 0 Å². The first-order chi connectivity index (χ1) is 5.70. The van der Waals surface area contributed by atoms with Crippen molar-refractivity contribution in [3.63, 3.8) is 0 Å². The van der Waals surface area contributed by atoms with Crippen LogP contribution in [-0.2, 0) is 14.2 Å². The molecule has 2 aliphatic heterocycles. The van der Waals surface area contributed by atoms with Gasteiger partial charge in [-0.1, -0.05) is 0 Å². The summed E-state index contributed by atoms with van der Waals surface area (Å²) in [7, 11) is 0. The van der Waals surface area contributed by atoms with Crippen LogP contribution in [0.15, 0.2) is 0 Å². The van der Waals surface area contributed by atoms with Crippen LogP contribution >= 0.6 is 0 Å². The van der Waals surface area contributed by atoms with E-state index in [1.165, 1.54) is 0 Å². The predicted molar refractivity (Wildman–Crippen MR) is 43.6 cm³/mol. The van der Waals surface area contributed by atoms with Gasteiger partial charge in [0.25, 0.3) is 0 Å². The maximum absolute atomic E-state index is 5.72. The van der Waals surface area contributed by atoms with Gasteiger partial charge in [0, 0.05) is 6.42 Å². The molecule has 0 radical (unpaired) electrons. The van der Waals surface area contributed by atoms with Crippen molar-refractivity contribution in [3.8, 4) is 0 Å². The Balaban J connectivity index is 2.00. The smallest absolute Gasteiger partial charge is 0.195 e. The third kappa shape index (κ3) is 1.49. The van der Waals surface area contributed by atoms with E-state index in [1.807, 2.05) is 13.8 Å². The third-order valence-electron chi connectivity index (χ3n) is 2.28. The second-order valence-corrected chi connectivity index (χ2v) is 3.83. The highest BCUT2D eigenvalue weighted by atomic mass is 16.8. The van der Waals surface area contributed by atoms with Crippen molar-refractivity contribution in [3.05, 3.63) is 0 Å². The molecule has 2 atom stereocenters. The summed E-state index contributed by atoms with van der Waals surface area (Å²) in [5, 5.41) is 0. The Kier molecular flexibility index (Phi) is 2.10. The predicted octanol–water partition coefficient (Wildman–Crippen LogP) is 1.66. The fourth-order valence-corrected chi connectivity index (χ4v) is 1.89. The van der Waals surface area contributed by atoms with Gasteiger partial charge in [-0.05, 0) is 26.7 Å². The van der Waals surface area contributed by atoms with Crippen LogP contribution in [0.2, 0.25) is 0 Å². The highest BCUT2D eigenvalue weighted by molar-refractivity contribution is 4.81. The molecule has 0 aromatic carbocycles. The molecule has 70 valence electrons. The molecule has 0 aliphatic carbocycles. The van der Waals surface area contributed by atoms with Gasteiger partial charge in [0.1, 0.15) is 6.61 Å². The van der Waals surface area contributed by atoms with E-state index >= 15 is 0 Å². The van der Waals surface area contributed by atoms with Crippen molar-refractivity contribution < 1.29 is 14.2 Å². The summed E-state index contributed by atoms with van der Waals surface area (Å²) in [6, 6.07) is 0. The molecular weight excluding hydrogens is 156 g/mol. The van der Waals surface area contributed by atoms with Gasteiger partial charge in [-0.3, -0.25) is 0 Å². The average molecular weight is 172 g/mol.